The molecule has 5 rings (SSSR count). The van der Waals surface area contributed by atoms with Crippen molar-refractivity contribution in [1.82, 2.24) is 9.80 Å². The summed E-state index contributed by atoms with van der Waals surface area (Å²) in [5.41, 5.74) is 1.37. The van der Waals surface area contributed by atoms with Crippen LogP contribution in [-0.4, -0.2) is 46.5 Å². The molecule has 2 bridgehead atoms. The molecule has 3 heterocycles. The maximum absolute atomic E-state index is 14.2. The molecule has 0 unspecified atom stereocenters. The van der Waals surface area contributed by atoms with Gasteiger partial charge in [0.2, 0.25) is 0 Å². The summed E-state index contributed by atoms with van der Waals surface area (Å²) in [5, 5.41) is 9.69. The molecule has 5 heteroatoms. The highest BCUT2D eigenvalue weighted by atomic mass is 19.1. The molecule has 29 heavy (non-hydrogen) atoms. The van der Waals surface area contributed by atoms with E-state index in [2.05, 4.69) is 35.2 Å². The minimum atomic E-state index is -0.563. The number of hydrogen-bond acceptors (Lipinski definition) is 3. The van der Waals surface area contributed by atoms with E-state index in [0.29, 0.717) is 37.0 Å². The van der Waals surface area contributed by atoms with Crippen molar-refractivity contribution < 1.29 is 14.3 Å². The van der Waals surface area contributed by atoms with Crippen LogP contribution in [-0.2, 0) is 0 Å². The van der Waals surface area contributed by atoms with Crippen LogP contribution in [0.2, 0.25) is 0 Å². The first-order valence-electron chi connectivity index (χ1n) is 10.7. The van der Waals surface area contributed by atoms with Crippen LogP contribution in [0.3, 0.4) is 0 Å². The maximum Gasteiger partial charge on any atom is 0.256 e. The van der Waals surface area contributed by atoms with Crippen molar-refractivity contribution in [3.63, 3.8) is 0 Å². The van der Waals surface area contributed by atoms with Crippen molar-refractivity contribution in [3.8, 4) is 5.75 Å². The summed E-state index contributed by atoms with van der Waals surface area (Å²) in [6.45, 7) is 2.33. The maximum atomic E-state index is 14.2. The third-order valence-electron chi connectivity index (χ3n) is 7.04. The summed E-state index contributed by atoms with van der Waals surface area (Å²) in [6.07, 6.45) is 4.71. The van der Waals surface area contributed by atoms with Crippen LogP contribution in [0.5, 0.6) is 5.75 Å². The van der Waals surface area contributed by atoms with E-state index in [9.17, 15) is 14.3 Å². The molecule has 3 fully saturated rings. The van der Waals surface area contributed by atoms with Crippen molar-refractivity contribution >= 4 is 5.91 Å². The molecule has 3 aliphatic heterocycles. The Morgan fingerprint density at radius 1 is 1.03 bits per heavy atom. The number of carbonyl (C=O) groups is 1. The SMILES string of the molecule is O=C(c1cc(O)ccc1F)N1C[C@@H]2C[C@H](C1)[C@@H]1CCC[C@H](c3ccccc3)N1C2. The Bertz CT molecular complexity index is 903. The van der Waals surface area contributed by atoms with Gasteiger partial charge in [-0.05, 0) is 61.3 Å². The molecule has 152 valence electrons. The van der Waals surface area contributed by atoms with E-state index < -0.39 is 5.82 Å². The predicted molar refractivity (Wildman–Crippen MR) is 109 cm³/mol. The number of piperidine rings is 3. The van der Waals surface area contributed by atoms with Gasteiger partial charge in [-0.1, -0.05) is 30.3 Å². The smallest absolute Gasteiger partial charge is 0.256 e. The van der Waals surface area contributed by atoms with Gasteiger partial charge in [0.05, 0.1) is 5.56 Å². The molecular weight excluding hydrogens is 367 g/mol. The molecule has 0 saturated carbocycles. The first-order chi connectivity index (χ1) is 14.1. The minimum absolute atomic E-state index is 0.0207. The first kappa shape index (κ1) is 18.6. The van der Waals surface area contributed by atoms with E-state index in [0.717, 1.165) is 13.0 Å². The van der Waals surface area contributed by atoms with Crippen molar-refractivity contribution in [2.75, 3.05) is 19.6 Å². The summed E-state index contributed by atoms with van der Waals surface area (Å²) >= 11 is 0. The molecule has 1 N–H and O–H groups in total. The summed E-state index contributed by atoms with van der Waals surface area (Å²) in [6, 6.07) is 15.4. The van der Waals surface area contributed by atoms with E-state index in [1.807, 2.05) is 4.90 Å². The third-order valence-corrected chi connectivity index (χ3v) is 7.04. The monoisotopic (exact) mass is 394 g/mol. The topological polar surface area (TPSA) is 43.8 Å². The molecule has 2 aromatic carbocycles. The number of benzene rings is 2. The zero-order valence-corrected chi connectivity index (χ0v) is 16.5. The second-order valence-electron chi connectivity index (χ2n) is 8.86. The standard InChI is InChI=1S/C24H27FN2O2/c25-21-10-9-19(28)12-20(21)24(29)26-13-16-11-18(15-26)23-8-4-7-22(27(23)14-16)17-5-2-1-3-6-17/h1-3,5-6,9-10,12,16,18,22-23,28H,4,7-8,11,13-15H2/t16-,18+,22+,23-/m0/s1. The van der Waals surface area contributed by atoms with E-state index in [1.54, 1.807) is 0 Å². The number of aromatic hydroxyl groups is 1. The van der Waals surface area contributed by atoms with Crippen LogP contribution >= 0.6 is 0 Å². The van der Waals surface area contributed by atoms with Crippen LogP contribution in [0.1, 0.15) is 47.6 Å². The van der Waals surface area contributed by atoms with Crippen molar-refractivity contribution in [3.05, 3.63) is 65.5 Å². The minimum Gasteiger partial charge on any atom is -0.508 e. The van der Waals surface area contributed by atoms with Gasteiger partial charge in [0.15, 0.2) is 0 Å². The molecule has 3 saturated heterocycles. The van der Waals surface area contributed by atoms with Gasteiger partial charge in [-0.15, -0.1) is 0 Å². The van der Waals surface area contributed by atoms with E-state index in [1.165, 1.54) is 43.0 Å². The Kier molecular flexibility index (Phi) is 4.78. The van der Waals surface area contributed by atoms with Crippen molar-refractivity contribution in [2.45, 2.75) is 37.8 Å². The second-order valence-corrected chi connectivity index (χ2v) is 8.86. The Hall–Kier alpha value is -2.40. The highest BCUT2D eigenvalue weighted by molar-refractivity contribution is 5.95. The number of nitrogens with zero attached hydrogens (tertiary/aromatic N) is 2. The van der Waals surface area contributed by atoms with Gasteiger partial charge in [-0.3, -0.25) is 9.69 Å². The number of rotatable bonds is 2. The number of likely N-dealkylation sites (tertiary alicyclic amines) is 1. The number of fused-ring (bicyclic) bond motifs is 4. The quantitative estimate of drug-likeness (QED) is 0.830. The molecule has 3 aliphatic rings. The van der Waals surface area contributed by atoms with Crippen LogP contribution < -0.4 is 0 Å². The largest absolute Gasteiger partial charge is 0.508 e. The van der Waals surface area contributed by atoms with E-state index in [4.69, 9.17) is 0 Å². The molecule has 0 spiro atoms. The molecule has 4 nitrogen and oxygen atoms in total. The number of phenols is 1. The van der Waals surface area contributed by atoms with Gasteiger partial charge in [0.1, 0.15) is 11.6 Å². The lowest BCUT2D eigenvalue weighted by molar-refractivity contribution is -0.0512. The Balaban J connectivity index is 1.37. The van der Waals surface area contributed by atoms with Gasteiger partial charge in [-0.25, -0.2) is 4.39 Å². The fourth-order valence-electron chi connectivity index (χ4n) is 5.85. The lowest BCUT2D eigenvalue weighted by Gasteiger charge is -2.55. The Labute approximate surface area is 170 Å². The Morgan fingerprint density at radius 3 is 2.69 bits per heavy atom. The van der Waals surface area contributed by atoms with Crippen LogP contribution in [0.4, 0.5) is 4.39 Å². The van der Waals surface area contributed by atoms with Crippen molar-refractivity contribution in [1.29, 1.82) is 0 Å². The third kappa shape index (κ3) is 3.42. The summed E-state index contributed by atoms with van der Waals surface area (Å²) < 4.78 is 14.2. The predicted octanol–water partition coefficient (Wildman–Crippen LogP) is 4.22. The number of hydrogen-bond donors (Lipinski definition) is 1. The van der Waals surface area contributed by atoms with Gasteiger partial charge >= 0.3 is 0 Å². The highest BCUT2D eigenvalue weighted by Gasteiger charge is 2.45. The molecule has 0 aromatic heterocycles. The van der Waals surface area contributed by atoms with E-state index >= 15 is 0 Å². The average Bonchev–Trinajstić information content (AvgIpc) is 2.75. The van der Waals surface area contributed by atoms with Gasteiger partial charge in [-0.2, -0.15) is 0 Å². The molecule has 4 atom stereocenters. The zero-order chi connectivity index (χ0) is 20.0. The number of amides is 1. The normalized spacial score (nSPS) is 29.3. The molecule has 0 radical (unpaired) electrons. The van der Waals surface area contributed by atoms with Gasteiger partial charge < -0.3 is 10.0 Å². The van der Waals surface area contributed by atoms with Crippen molar-refractivity contribution in [2.24, 2.45) is 11.8 Å². The van der Waals surface area contributed by atoms with Gasteiger partial charge in [0.25, 0.3) is 5.91 Å². The van der Waals surface area contributed by atoms with E-state index in [-0.39, 0.29) is 17.2 Å². The first-order valence-corrected chi connectivity index (χ1v) is 10.7. The molecule has 0 aliphatic carbocycles. The lowest BCUT2D eigenvalue weighted by Crippen LogP contribution is -2.60. The summed E-state index contributed by atoms with van der Waals surface area (Å²) in [4.78, 5) is 17.5. The average molecular weight is 394 g/mol. The fraction of sp³-hybridized carbons (Fsp3) is 0.458. The molecule has 2 aromatic rings. The number of halogens is 1. The van der Waals surface area contributed by atoms with Crippen LogP contribution in [0.25, 0.3) is 0 Å². The molecular formula is C24H27FN2O2. The van der Waals surface area contributed by atoms with Crippen LogP contribution in [0, 0.1) is 17.7 Å². The summed E-state index contributed by atoms with van der Waals surface area (Å²) in [7, 11) is 0. The Morgan fingerprint density at radius 2 is 1.86 bits per heavy atom. The summed E-state index contributed by atoms with van der Waals surface area (Å²) in [5.74, 6) is -0.0861. The number of carbonyl (C=O) groups excluding carboxylic acids is 1. The molecule has 1 amide bonds. The number of phenolic OH excluding ortho intramolecular Hbond substituents is 1. The fourth-order valence-corrected chi connectivity index (χ4v) is 5.85. The lowest BCUT2D eigenvalue weighted by atomic mass is 9.74. The highest BCUT2D eigenvalue weighted by Crippen LogP contribution is 2.44. The second kappa shape index (κ2) is 7.45. The van der Waals surface area contributed by atoms with Crippen LogP contribution in [0.15, 0.2) is 48.5 Å². The zero-order valence-electron chi connectivity index (χ0n) is 16.5. The van der Waals surface area contributed by atoms with Gasteiger partial charge in [0, 0.05) is 31.7 Å².